The van der Waals surface area contributed by atoms with Crippen molar-refractivity contribution in [2.75, 3.05) is 38.7 Å². The number of aromatic nitrogens is 3. The molecule has 160 valence electrons. The maximum atomic E-state index is 11.3. The molecule has 8 nitrogen and oxygen atoms in total. The number of primary amides is 1. The largest absolute Gasteiger partial charge is 0.369 e. The van der Waals surface area contributed by atoms with E-state index in [9.17, 15) is 4.79 Å². The molecule has 8 heteroatoms. The SMILES string of the molecule is CN(C)c1ncc(CN2CCO[C@@H](c3cccc(-c4ccc(C(N)=O)cc4)n3)C2)cn1. The normalized spacial score (nSPS) is 16.8. The standard InChI is InChI=1S/C23H26N6O2/c1-28(2)23-25-12-16(13-26-23)14-29-10-11-31-21(15-29)20-5-3-4-19(27-20)17-6-8-18(9-7-17)22(24)30/h3-9,12-13,21H,10-11,14-15H2,1-2H3,(H2,24,30)/t21-/m1/s1. The van der Waals surface area contributed by atoms with Gasteiger partial charge in [0.15, 0.2) is 0 Å². The van der Waals surface area contributed by atoms with Gasteiger partial charge in [-0.2, -0.15) is 0 Å². The molecule has 0 saturated carbocycles. The van der Waals surface area contributed by atoms with Crippen LogP contribution in [0, 0.1) is 0 Å². The Morgan fingerprint density at radius 2 is 1.90 bits per heavy atom. The van der Waals surface area contributed by atoms with E-state index >= 15 is 0 Å². The summed E-state index contributed by atoms with van der Waals surface area (Å²) in [6.07, 6.45) is 3.64. The van der Waals surface area contributed by atoms with Gasteiger partial charge in [-0.05, 0) is 24.3 Å². The summed E-state index contributed by atoms with van der Waals surface area (Å²) in [6.45, 7) is 3.00. The predicted octanol–water partition coefficient (Wildman–Crippen LogP) is 2.28. The Balaban J connectivity index is 1.45. The fourth-order valence-electron chi connectivity index (χ4n) is 3.54. The Morgan fingerprint density at radius 1 is 1.16 bits per heavy atom. The predicted molar refractivity (Wildman–Crippen MR) is 119 cm³/mol. The van der Waals surface area contributed by atoms with Crippen LogP contribution >= 0.6 is 0 Å². The Bertz CT molecular complexity index is 1040. The number of amides is 1. The van der Waals surface area contributed by atoms with Crippen molar-refractivity contribution < 1.29 is 9.53 Å². The first-order valence-electron chi connectivity index (χ1n) is 10.2. The summed E-state index contributed by atoms with van der Waals surface area (Å²) >= 11 is 0. The van der Waals surface area contributed by atoms with Crippen molar-refractivity contribution in [1.29, 1.82) is 0 Å². The van der Waals surface area contributed by atoms with Crippen LogP contribution < -0.4 is 10.6 Å². The zero-order valence-electron chi connectivity index (χ0n) is 17.7. The molecule has 2 N–H and O–H groups in total. The van der Waals surface area contributed by atoms with Crippen LogP contribution in [0.4, 0.5) is 5.95 Å². The summed E-state index contributed by atoms with van der Waals surface area (Å²) in [5.41, 5.74) is 9.53. The molecular weight excluding hydrogens is 392 g/mol. The first-order chi connectivity index (χ1) is 15.0. The number of rotatable bonds is 6. The first kappa shape index (κ1) is 20.9. The second kappa shape index (κ2) is 9.20. The minimum Gasteiger partial charge on any atom is -0.369 e. The quantitative estimate of drug-likeness (QED) is 0.656. The molecule has 4 rings (SSSR count). The zero-order chi connectivity index (χ0) is 21.8. The Labute approximate surface area is 181 Å². The van der Waals surface area contributed by atoms with Crippen LogP contribution in [0.15, 0.2) is 54.9 Å². The Hall–Kier alpha value is -3.36. The lowest BCUT2D eigenvalue weighted by atomic mass is 10.1. The van der Waals surface area contributed by atoms with Gasteiger partial charge in [0.1, 0.15) is 6.10 Å². The molecule has 1 fully saturated rings. The van der Waals surface area contributed by atoms with E-state index in [2.05, 4.69) is 14.9 Å². The molecule has 1 atom stereocenters. The van der Waals surface area contributed by atoms with Crippen molar-refractivity contribution in [2.45, 2.75) is 12.6 Å². The minimum atomic E-state index is -0.439. The number of hydrogen-bond acceptors (Lipinski definition) is 7. The van der Waals surface area contributed by atoms with Gasteiger partial charge in [-0.3, -0.25) is 14.7 Å². The van der Waals surface area contributed by atoms with Gasteiger partial charge in [0.05, 0.1) is 18.0 Å². The number of anilines is 1. The first-order valence-corrected chi connectivity index (χ1v) is 10.2. The summed E-state index contributed by atoms with van der Waals surface area (Å²) in [7, 11) is 3.85. The highest BCUT2D eigenvalue weighted by molar-refractivity contribution is 5.93. The summed E-state index contributed by atoms with van der Waals surface area (Å²) in [5, 5.41) is 0. The van der Waals surface area contributed by atoms with Crippen LogP contribution in [0.5, 0.6) is 0 Å². The smallest absolute Gasteiger partial charge is 0.248 e. The molecule has 2 aromatic heterocycles. The number of nitrogens with zero attached hydrogens (tertiary/aromatic N) is 5. The average molecular weight is 419 g/mol. The molecule has 0 radical (unpaired) electrons. The summed E-state index contributed by atoms with van der Waals surface area (Å²) in [4.78, 5) is 29.1. The van der Waals surface area contributed by atoms with E-state index < -0.39 is 5.91 Å². The lowest BCUT2D eigenvalue weighted by Gasteiger charge is -2.32. The van der Waals surface area contributed by atoms with Gasteiger partial charge >= 0.3 is 0 Å². The van der Waals surface area contributed by atoms with Gasteiger partial charge in [0, 0.05) is 62.8 Å². The third-order valence-electron chi connectivity index (χ3n) is 5.21. The van der Waals surface area contributed by atoms with Crippen molar-refractivity contribution in [3.8, 4) is 11.3 Å². The van der Waals surface area contributed by atoms with E-state index in [0.29, 0.717) is 18.1 Å². The van der Waals surface area contributed by atoms with Crippen molar-refractivity contribution in [3.05, 3.63) is 71.7 Å². The zero-order valence-corrected chi connectivity index (χ0v) is 17.7. The lowest BCUT2D eigenvalue weighted by Crippen LogP contribution is -2.38. The lowest BCUT2D eigenvalue weighted by molar-refractivity contribution is -0.0349. The number of ether oxygens (including phenoxy) is 1. The summed E-state index contributed by atoms with van der Waals surface area (Å²) in [6, 6.07) is 13.1. The maximum absolute atomic E-state index is 11.3. The number of carbonyl (C=O) groups is 1. The van der Waals surface area contributed by atoms with Gasteiger partial charge in [0.2, 0.25) is 11.9 Å². The third-order valence-corrected chi connectivity index (χ3v) is 5.21. The van der Waals surface area contributed by atoms with Gasteiger partial charge in [-0.25, -0.2) is 9.97 Å². The molecule has 0 bridgehead atoms. The van der Waals surface area contributed by atoms with E-state index in [1.54, 1.807) is 12.1 Å². The number of hydrogen-bond donors (Lipinski definition) is 1. The molecule has 0 spiro atoms. The second-order valence-corrected chi connectivity index (χ2v) is 7.77. The molecule has 3 heterocycles. The van der Waals surface area contributed by atoms with Crippen LogP contribution in [-0.2, 0) is 11.3 Å². The molecule has 1 aliphatic rings. The van der Waals surface area contributed by atoms with E-state index in [1.165, 1.54) is 0 Å². The fraction of sp³-hybridized carbons (Fsp3) is 0.304. The fourth-order valence-corrected chi connectivity index (χ4v) is 3.54. The van der Waals surface area contributed by atoms with Crippen LogP contribution in [-0.4, -0.2) is 59.6 Å². The van der Waals surface area contributed by atoms with Crippen LogP contribution in [0.2, 0.25) is 0 Å². The third kappa shape index (κ3) is 5.04. The van der Waals surface area contributed by atoms with Gasteiger partial charge in [0.25, 0.3) is 0 Å². The molecule has 1 aromatic carbocycles. The van der Waals surface area contributed by atoms with Crippen molar-refractivity contribution in [1.82, 2.24) is 19.9 Å². The van der Waals surface area contributed by atoms with Crippen LogP contribution in [0.25, 0.3) is 11.3 Å². The van der Waals surface area contributed by atoms with E-state index in [-0.39, 0.29) is 6.10 Å². The number of pyridine rings is 1. The van der Waals surface area contributed by atoms with Crippen LogP contribution in [0.3, 0.4) is 0 Å². The Morgan fingerprint density at radius 3 is 2.58 bits per heavy atom. The highest BCUT2D eigenvalue weighted by Crippen LogP contribution is 2.25. The Kier molecular flexibility index (Phi) is 6.20. The monoisotopic (exact) mass is 418 g/mol. The molecule has 1 aliphatic heterocycles. The second-order valence-electron chi connectivity index (χ2n) is 7.77. The number of benzene rings is 1. The molecule has 3 aromatic rings. The van der Waals surface area contributed by atoms with Crippen LogP contribution in [0.1, 0.15) is 27.7 Å². The molecule has 31 heavy (non-hydrogen) atoms. The number of morpholine rings is 1. The molecular formula is C23H26N6O2. The van der Waals surface area contributed by atoms with Crippen molar-refractivity contribution in [3.63, 3.8) is 0 Å². The van der Waals surface area contributed by atoms with E-state index in [0.717, 1.165) is 42.1 Å². The van der Waals surface area contributed by atoms with Crippen molar-refractivity contribution >= 4 is 11.9 Å². The maximum Gasteiger partial charge on any atom is 0.248 e. The number of nitrogens with two attached hydrogens (primary N) is 1. The molecule has 0 unspecified atom stereocenters. The van der Waals surface area contributed by atoms with E-state index in [1.807, 2.05) is 61.7 Å². The van der Waals surface area contributed by atoms with Gasteiger partial charge in [-0.15, -0.1) is 0 Å². The molecule has 0 aliphatic carbocycles. The molecule has 1 saturated heterocycles. The minimum absolute atomic E-state index is 0.111. The summed E-state index contributed by atoms with van der Waals surface area (Å²) < 4.78 is 6.02. The number of carbonyl (C=O) groups excluding carboxylic acids is 1. The molecule has 1 amide bonds. The van der Waals surface area contributed by atoms with E-state index in [4.69, 9.17) is 15.5 Å². The van der Waals surface area contributed by atoms with Crippen molar-refractivity contribution in [2.24, 2.45) is 5.73 Å². The highest BCUT2D eigenvalue weighted by Gasteiger charge is 2.23. The average Bonchev–Trinajstić information content (AvgIpc) is 2.80. The summed E-state index contributed by atoms with van der Waals surface area (Å²) in [5.74, 6) is 0.263. The van der Waals surface area contributed by atoms with Gasteiger partial charge < -0.3 is 15.4 Å². The van der Waals surface area contributed by atoms with Gasteiger partial charge in [-0.1, -0.05) is 18.2 Å². The topological polar surface area (TPSA) is 97.5 Å². The highest BCUT2D eigenvalue weighted by atomic mass is 16.5.